The lowest BCUT2D eigenvalue weighted by Crippen LogP contribution is -2.46. The average Bonchev–Trinajstić information content (AvgIpc) is 1.92. The SMILES string of the molecule is CC1(N)CCCNNC1. The molecule has 0 aromatic carbocycles. The molecule has 0 aliphatic carbocycles. The topological polar surface area (TPSA) is 50.1 Å². The normalized spacial score (nSPS) is 38.0. The van der Waals surface area contributed by atoms with E-state index in [0.29, 0.717) is 0 Å². The minimum Gasteiger partial charge on any atom is -0.324 e. The number of hydrazine groups is 1. The van der Waals surface area contributed by atoms with Crippen molar-refractivity contribution in [2.45, 2.75) is 25.3 Å². The maximum Gasteiger partial charge on any atom is 0.0278 e. The Morgan fingerprint density at radius 1 is 1.44 bits per heavy atom. The third-order valence-electron chi connectivity index (χ3n) is 1.67. The third kappa shape index (κ3) is 2.30. The van der Waals surface area contributed by atoms with Crippen molar-refractivity contribution in [1.82, 2.24) is 10.9 Å². The standard InChI is InChI=1S/C6H15N3/c1-6(7)3-2-4-8-9-5-6/h8-9H,2-5,7H2,1H3. The fourth-order valence-corrected chi connectivity index (χ4v) is 1.02. The molecule has 0 saturated carbocycles. The molecule has 3 heteroatoms. The van der Waals surface area contributed by atoms with Crippen molar-refractivity contribution in [3.05, 3.63) is 0 Å². The molecule has 0 radical (unpaired) electrons. The van der Waals surface area contributed by atoms with E-state index in [9.17, 15) is 0 Å². The maximum absolute atomic E-state index is 5.88. The summed E-state index contributed by atoms with van der Waals surface area (Å²) in [4.78, 5) is 0. The highest BCUT2D eigenvalue weighted by atomic mass is 15.4. The van der Waals surface area contributed by atoms with Crippen LogP contribution in [0.3, 0.4) is 0 Å². The van der Waals surface area contributed by atoms with Gasteiger partial charge in [0.25, 0.3) is 0 Å². The van der Waals surface area contributed by atoms with E-state index in [0.717, 1.165) is 19.5 Å². The van der Waals surface area contributed by atoms with Gasteiger partial charge in [-0.3, -0.25) is 10.9 Å². The van der Waals surface area contributed by atoms with Gasteiger partial charge in [-0.2, -0.15) is 0 Å². The van der Waals surface area contributed by atoms with E-state index in [1.165, 1.54) is 6.42 Å². The molecular weight excluding hydrogens is 114 g/mol. The fourth-order valence-electron chi connectivity index (χ4n) is 1.02. The highest BCUT2D eigenvalue weighted by Crippen LogP contribution is 2.07. The smallest absolute Gasteiger partial charge is 0.0278 e. The highest BCUT2D eigenvalue weighted by molar-refractivity contribution is 4.82. The number of nitrogens with two attached hydrogens (primary N) is 1. The fraction of sp³-hybridized carbons (Fsp3) is 1.00. The van der Waals surface area contributed by atoms with Gasteiger partial charge >= 0.3 is 0 Å². The van der Waals surface area contributed by atoms with Crippen molar-refractivity contribution in [2.75, 3.05) is 13.1 Å². The zero-order valence-electron chi connectivity index (χ0n) is 5.91. The van der Waals surface area contributed by atoms with E-state index in [2.05, 4.69) is 17.8 Å². The lowest BCUT2D eigenvalue weighted by molar-refractivity contribution is 0.418. The molecule has 0 aromatic heterocycles. The van der Waals surface area contributed by atoms with E-state index in [4.69, 9.17) is 5.73 Å². The molecule has 1 fully saturated rings. The first-order valence-electron chi connectivity index (χ1n) is 3.45. The predicted octanol–water partition coefficient (Wildman–Crippen LogP) is -0.408. The lowest BCUT2D eigenvalue weighted by atomic mass is 9.98. The third-order valence-corrected chi connectivity index (χ3v) is 1.67. The zero-order valence-corrected chi connectivity index (χ0v) is 5.91. The summed E-state index contributed by atoms with van der Waals surface area (Å²) in [5, 5.41) is 0. The van der Waals surface area contributed by atoms with E-state index in [1.807, 2.05) is 0 Å². The first-order valence-corrected chi connectivity index (χ1v) is 3.45. The van der Waals surface area contributed by atoms with Gasteiger partial charge in [-0.05, 0) is 19.8 Å². The minimum absolute atomic E-state index is 0.0104. The van der Waals surface area contributed by atoms with Crippen molar-refractivity contribution in [1.29, 1.82) is 0 Å². The second-order valence-electron chi connectivity index (χ2n) is 3.04. The van der Waals surface area contributed by atoms with Crippen LogP contribution in [0.25, 0.3) is 0 Å². The molecule has 1 saturated heterocycles. The molecule has 4 N–H and O–H groups in total. The Hall–Kier alpha value is -0.120. The molecule has 1 aliphatic heterocycles. The van der Waals surface area contributed by atoms with Crippen LogP contribution in [0.15, 0.2) is 0 Å². The van der Waals surface area contributed by atoms with Gasteiger partial charge in [0.15, 0.2) is 0 Å². The van der Waals surface area contributed by atoms with E-state index in [-0.39, 0.29) is 5.54 Å². The van der Waals surface area contributed by atoms with Crippen LogP contribution >= 0.6 is 0 Å². The second kappa shape index (κ2) is 2.64. The van der Waals surface area contributed by atoms with Crippen LogP contribution in [-0.2, 0) is 0 Å². The average molecular weight is 129 g/mol. The van der Waals surface area contributed by atoms with Gasteiger partial charge in [-0.25, -0.2) is 0 Å². The van der Waals surface area contributed by atoms with E-state index >= 15 is 0 Å². The summed E-state index contributed by atoms with van der Waals surface area (Å²) in [6.07, 6.45) is 2.27. The Morgan fingerprint density at radius 3 is 3.00 bits per heavy atom. The number of rotatable bonds is 0. The van der Waals surface area contributed by atoms with Gasteiger partial charge in [0, 0.05) is 18.6 Å². The monoisotopic (exact) mass is 129 g/mol. The van der Waals surface area contributed by atoms with Crippen LogP contribution in [-0.4, -0.2) is 18.6 Å². The van der Waals surface area contributed by atoms with Crippen LogP contribution in [0.4, 0.5) is 0 Å². The molecule has 3 nitrogen and oxygen atoms in total. The molecule has 9 heavy (non-hydrogen) atoms. The molecule has 54 valence electrons. The maximum atomic E-state index is 5.88. The summed E-state index contributed by atoms with van der Waals surface area (Å²) in [5.74, 6) is 0. The summed E-state index contributed by atoms with van der Waals surface area (Å²) in [5.41, 5.74) is 12.0. The summed E-state index contributed by atoms with van der Waals surface area (Å²) in [6, 6.07) is 0. The van der Waals surface area contributed by atoms with Crippen molar-refractivity contribution < 1.29 is 0 Å². The summed E-state index contributed by atoms with van der Waals surface area (Å²) < 4.78 is 0. The molecule has 0 bridgehead atoms. The van der Waals surface area contributed by atoms with Gasteiger partial charge < -0.3 is 5.73 Å². The molecule has 0 spiro atoms. The first-order chi connectivity index (χ1) is 4.21. The number of hydrogen-bond donors (Lipinski definition) is 3. The molecule has 1 aliphatic rings. The Bertz CT molecular complexity index is 80.3. The quantitative estimate of drug-likeness (QED) is 0.417. The summed E-state index contributed by atoms with van der Waals surface area (Å²) in [7, 11) is 0. The van der Waals surface area contributed by atoms with Gasteiger partial charge in [-0.15, -0.1) is 0 Å². The zero-order chi connectivity index (χ0) is 6.74. The molecule has 0 amide bonds. The molecule has 1 atom stereocenters. The summed E-state index contributed by atoms with van der Waals surface area (Å²) in [6.45, 7) is 3.98. The van der Waals surface area contributed by atoms with Crippen LogP contribution in [0.2, 0.25) is 0 Å². The molecular formula is C6H15N3. The predicted molar refractivity (Wildman–Crippen MR) is 37.8 cm³/mol. The van der Waals surface area contributed by atoms with Gasteiger partial charge in [-0.1, -0.05) is 0 Å². The number of hydrogen-bond acceptors (Lipinski definition) is 3. The first kappa shape index (κ1) is 6.99. The molecule has 0 aromatic rings. The van der Waals surface area contributed by atoms with E-state index in [1.54, 1.807) is 0 Å². The highest BCUT2D eigenvalue weighted by Gasteiger charge is 2.18. The van der Waals surface area contributed by atoms with E-state index < -0.39 is 0 Å². The Labute approximate surface area is 56.0 Å². The Kier molecular flexibility index (Phi) is 2.05. The molecule has 1 unspecified atom stereocenters. The van der Waals surface area contributed by atoms with Crippen molar-refractivity contribution in [3.63, 3.8) is 0 Å². The Morgan fingerprint density at radius 2 is 2.22 bits per heavy atom. The van der Waals surface area contributed by atoms with Crippen LogP contribution in [0.5, 0.6) is 0 Å². The van der Waals surface area contributed by atoms with Gasteiger partial charge in [0.05, 0.1) is 0 Å². The molecule has 1 rings (SSSR count). The number of nitrogens with one attached hydrogen (secondary N) is 2. The van der Waals surface area contributed by atoms with Crippen LogP contribution in [0.1, 0.15) is 19.8 Å². The van der Waals surface area contributed by atoms with Gasteiger partial charge in [0.1, 0.15) is 0 Å². The van der Waals surface area contributed by atoms with Crippen molar-refractivity contribution >= 4 is 0 Å². The van der Waals surface area contributed by atoms with Crippen LogP contribution < -0.4 is 16.6 Å². The molecule has 1 heterocycles. The Balaban J connectivity index is 2.36. The van der Waals surface area contributed by atoms with Crippen molar-refractivity contribution in [3.8, 4) is 0 Å². The van der Waals surface area contributed by atoms with Gasteiger partial charge in [0.2, 0.25) is 0 Å². The van der Waals surface area contributed by atoms with Crippen LogP contribution in [0, 0.1) is 0 Å². The lowest BCUT2D eigenvalue weighted by Gasteiger charge is -2.20. The minimum atomic E-state index is -0.0104. The second-order valence-corrected chi connectivity index (χ2v) is 3.04. The largest absolute Gasteiger partial charge is 0.324 e. The summed E-state index contributed by atoms with van der Waals surface area (Å²) >= 11 is 0. The van der Waals surface area contributed by atoms with Crippen molar-refractivity contribution in [2.24, 2.45) is 5.73 Å².